The summed E-state index contributed by atoms with van der Waals surface area (Å²) in [6.45, 7) is 2.42. The molecule has 7 nitrogen and oxygen atoms in total. The zero-order chi connectivity index (χ0) is 18.1. The maximum atomic E-state index is 12.7. The number of hydrazine groups is 1. The second-order valence-corrected chi connectivity index (χ2v) is 5.65. The summed E-state index contributed by atoms with van der Waals surface area (Å²) < 4.78 is 16.3. The summed E-state index contributed by atoms with van der Waals surface area (Å²) in [5.74, 6) is 0.734. The Bertz CT molecular complexity index is 908. The quantitative estimate of drug-likeness (QED) is 0.675. The summed E-state index contributed by atoms with van der Waals surface area (Å²) in [5, 5.41) is 1.22. The van der Waals surface area contributed by atoms with Crippen LogP contribution < -0.4 is 24.6 Å². The van der Waals surface area contributed by atoms with Gasteiger partial charge in [0.1, 0.15) is 11.3 Å². The van der Waals surface area contributed by atoms with Crippen LogP contribution >= 0.6 is 0 Å². The van der Waals surface area contributed by atoms with E-state index in [0.29, 0.717) is 35.1 Å². The van der Waals surface area contributed by atoms with E-state index in [1.807, 2.05) is 13.0 Å². The highest BCUT2D eigenvalue weighted by Gasteiger charge is 2.34. The maximum absolute atomic E-state index is 12.7. The predicted molar refractivity (Wildman–Crippen MR) is 93.8 cm³/mol. The number of anilines is 1. The maximum Gasteiger partial charge on any atom is 0.282 e. The Morgan fingerprint density at radius 1 is 1.15 bits per heavy atom. The minimum absolute atomic E-state index is 0.0219. The first-order chi connectivity index (χ1) is 12.7. The third-order valence-electron chi connectivity index (χ3n) is 4.01. The van der Waals surface area contributed by atoms with E-state index in [1.54, 1.807) is 36.4 Å². The Morgan fingerprint density at radius 2 is 1.88 bits per heavy atom. The molecule has 1 saturated heterocycles. The van der Waals surface area contributed by atoms with Crippen LogP contribution in [0, 0.1) is 0 Å². The number of ether oxygens (including phenoxy) is 3. The molecule has 2 amide bonds. The van der Waals surface area contributed by atoms with Crippen LogP contribution in [-0.2, 0) is 9.59 Å². The van der Waals surface area contributed by atoms with Crippen LogP contribution in [0.1, 0.15) is 12.5 Å². The molecule has 2 heterocycles. The first kappa shape index (κ1) is 16.0. The van der Waals surface area contributed by atoms with E-state index >= 15 is 0 Å². The number of amides is 2. The zero-order valence-electron chi connectivity index (χ0n) is 14.0. The van der Waals surface area contributed by atoms with Crippen molar-refractivity contribution in [1.82, 2.24) is 5.43 Å². The van der Waals surface area contributed by atoms with E-state index in [-0.39, 0.29) is 12.4 Å². The lowest BCUT2D eigenvalue weighted by Crippen LogP contribution is -2.35. The molecule has 0 atom stereocenters. The lowest BCUT2D eigenvalue weighted by molar-refractivity contribution is -0.117. The molecule has 1 fully saturated rings. The Labute approximate surface area is 149 Å². The van der Waals surface area contributed by atoms with Crippen LogP contribution in [0.15, 0.2) is 48.0 Å². The topological polar surface area (TPSA) is 77.1 Å². The molecule has 0 spiro atoms. The molecular formula is C19H16N2O5. The van der Waals surface area contributed by atoms with Gasteiger partial charge in [-0.05, 0) is 31.2 Å². The number of carbonyl (C=O) groups is 2. The first-order valence-electron chi connectivity index (χ1n) is 8.16. The highest BCUT2D eigenvalue weighted by molar-refractivity contribution is 6.31. The molecule has 0 aromatic heterocycles. The van der Waals surface area contributed by atoms with Crippen molar-refractivity contribution in [2.24, 2.45) is 0 Å². The average Bonchev–Trinajstić information content (AvgIpc) is 3.22. The van der Waals surface area contributed by atoms with Gasteiger partial charge >= 0.3 is 0 Å². The van der Waals surface area contributed by atoms with E-state index < -0.39 is 11.8 Å². The van der Waals surface area contributed by atoms with Crippen LogP contribution in [0.5, 0.6) is 17.2 Å². The van der Waals surface area contributed by atoms with Gasteiger partial charge in [-0.3, -0.25) is 15.0 Å². The predicted octanol–water partition coefficient (Wildman–Crippen LogP) is 2.28. The van der Waals surface area contributed by atoms with Crippen molar-refractivity contribution >= 4 is 23.6 Å². The number of hydrogen-bond acceptors (Lipinski definition) is 5. The number of carbonyl (C=O) groups excluding carboxylic acids is 2. The standard InChI is InChI=1S/C19H16N2O5/c1-2-24-15-10-17-16(25-11-26-17)9-12(15)8-14-18(22)20-21(19(14)23)13-6-4-3-5-7-13/h3-10H,2,11H2,1H3,(H,20,22)/b14-8-. The third kappa shape index (κ3) is 2.73. The fraction of sp³-hybridized carbons (Fsp3) is 0.158. The molecule has 2 aliphatic rings. The van der Waals surface area contributed by atoms with Crippen LogP contribution in [0.2, 0.25) is 0 Å². The lowest BCUT2D eigenvalue weighted by atomic mass is 10.1. The molecule has 2 aromatic rings. The van der Waals surface area contributed by atoms with Gasteiger partial charge in [0.15, 0.2) is 11.5 Å². The monoisotopic (exact) mass is 352 g/mol. The Kier molecular flexibility index (Phi) is 3.96. The smallest absolute Gasteiger partial charge is 0.282 e. The molecule has 0 bridgehead atoms. The number of benzene rings is 2. The van der Waals surface area contributed by atoms with Gasteiger partial charge in [-0.15, -0.1) is 0 Å². The highest BCUT2D eigenvalue weighted by Crippen LogP contribution is 2.39. The largest absolute Gasteiger partial charge is 0.493 e. The fourth-order valence-electron chi connectivity index (χ4n) is 2.80. The van der Waals surface area contributed by atoms with Crippen LogP contribution in [-0.4, -0.2) is 25.2 Å². The SMILES string of the molecule is CCOc1cc2c(cc1/C=C1/C(=O)NN(c3ccccc3)C1=O)OCO2. The Hall–Kier alpha value is -3.48. The molecule has 4 rings (SSSR count). The number of rotatable bonds is 4. The molecule has 0 radical (unpaired) electrons. The number of fused-ring (bicyclic) bond motifs is 1. The number of nitrogens with one attached hydrogen (secondary N) is 1. The van der Waals surface area contributed by atoms with Gasteiger partial charge in [0, 0.05) is 11.6 Å². The van der Waals surface area contributed by atoms with E-state index in [1.165, 1.54) is 11.1 Å². The van der Waals surface area contributed by atoms with Crippen molar-refractivity contribution < 1.29 is 23.8 Å². The van der Waals surface area contributed by atoms with Crippen molar-refractivity contribution in [3.8, 4) is 17.2 Å². The molecule has 2 aliphatic heterocycles. The number of nitrogens with zero attached hydrogens (tertiary/aromatic N) is 1. The van der Waals surface area contributed by atoms with Crippen LogP contribution in [0.4, 0.5) is 5.69 Å². The molecule has 7 heteroatoms. The van der Waals surface area contributed by atoms with E-state index in [9.17, 15) is 9.59 Å². The second kappa shape index (κ2) is 6.44. The van der Waals surface area contributed by atoms with Crippen LogP contribution in [0.25, 0.3) is 6.08 Å². The summed E-state index contributed by atoms with van der Waals surface area (Å²) in [7, 11) is 0. The third-order valence-corrected chi connectivity index (χ3v) is 4.01. The minimum atomic E-state index is -0.473. The van der Waals surface area contributed by atoms with Gasteiger partial charge in [0.2, 0.25) is 6.79 Å². The molecule has 0 saturated carbocycles. The summed E-state index contributed by atoms with van der Waals surface area (Å²) >= 11 is 0. The molecule has 2 aromatic carbocycles. The van der Waals surface area contributed by atoms with Crippen molar-refractivity contribution in [3.05, 3.63) is 53.6 Å². The molecular weight excluding hydrogens is 336 g/mol. The highest BCUT2D eigenvalue weighted by atomic mass is 16.7. The van der Waals surface area contributed by atoms with Crippen molar-refractivity contribution in [3.63, 3.8) is 0 Å². The lowest BCUT2D eigenvalue weighted by Gasteiger charge is -2.14. The molecule has 132 valence electrons. The zero-order valence-corrected chi connectivity index (χ0v) is 14.0. The summed E-state index contributed by atoms with van der Waals surface area (Å²) in [6, 6.07) is 12.3. The van der Waals surface area contributed by atoms with Gasteiger partial charge < -0.3 is 14.2 Å². The van der Waals surface area contributed by atoms with Crippen molar-refractivity contribution in [2.45, 2.75) is 6.92 Å². The Morgan fingerprint density at radius 3 is 2.62 bits per heavy atom. The summed E-state index contributed by atoms with van der Waals surface area (Å²) in [6.07, 6.45) is 1.51. The number of hydrogen-bond donors (Lipinski definition) is 1. The van der Waals surface area contributed by atoms with Crippen molar-refractivity contribution in [2.75, 3.05) is 18.4 Å². The van der Waals surface area contributed by atoms with E-state index in [2.05, 4.69) is 5.43 Å². The fourth-order valence-corrected chi connectivity index (χ4v) is 2.80. The number of para-hydroxylation sites is 1. The van der Waals surface area contributed by atoms with E-state index in [4.69, 9.17) is 14.2 Å². The second-order valence-electron chi connectivity index (χ2n) is 5.65. The van der Waals surface area contributed by atoms with Gasteiger partial charge in [-0.1, -0.05) is 18.2 Å². The molecule has 0 unspecified atom stereocenters. The van der Waals surface area contributed by atoms with Crippen LogP contribution in [0.3, 0.4) is 0 Å². The minimum Gasteiger partial charge on any atom is -0.493 e. The normalized spacial score (nSPS) is 17.0. The summed E-state index contributed by atoms with van der Waals surface area (Å²) in [5.41, 5.74) is 3.76. The first-order valence-corrected chi connectivity index (χ1v) is 8.16. The average molecular weight is 352 g/mol. The van der Waals surface area contributed by atoms with Gasteiger partial charge in [-0.2, -0.15) is 0 Å². The molecule has 0 aliphatic carbocycles. The van der Waals surface area contributed by atoms with Gasteiger partial charge in [0.25, 0.3) is 11.8 Å². The van der Waals surface area contributed by atoms with E-state index in [0.717, 1.165) is 0 Å². The summed E-state index contributed by atoms with van der Waals surface area (Å²) in [4.78, 5) is 25.0. The van der Waals surface area contributed by atoms with Gasteiger partial charge in [0.05, 0.1) is 12.3 Å². The molecule has 1 N–H and O–H groups in total. The Balaban J connectivity index is 1.72. The van der Waals surface area contributed by atoms with Gasteiger partial charge in [-0.25, -0.2) is 5.01 Å². The molecule has 26 heavy (non-hydrogen) atoms. The van der Waals surface area contributed by atoms with Crippen molar-refractivity contribution in [1.29, 1.82) is 0 Å².